The van der Waals surface area contributed by atoms with Crippen LogP contribution in [0.2, 0.25) is 0 Å². The Hall–Kier alpha value is -0.710. The van der Waals surface area contributed by atoms with Crippen molar-refractivity contribution in [1.29, 1.82) is 0 Å². The predicted molar refractivity (Wildman–Crippen MR) is 50.5 cm³/mol. The minimum Gasteiger partial charge on any atom is -0.459 e. The molecule has 1 fully saturated rings. The van der Waals surface area contributed by atoms with Gasteiger partial charge in [0.05, 0.1) is 6.04 Å². The Balaban J connectivity index is 2.43. The summed E-state index contributed by atoms with van der Waals surface area (Å²) in [6, 6.07) is -0.0219. The van der Waals surface area contributed by atoms with Crippen molar-refractivity contribution < 1.29 is 14.3 Å². The average Bonchev–Trinajstić information content (AvgIpc) is 2.34. The highest BCUT2D eigenvalue weighted by Gasteiger charge is 2.30. The molecular weight excluding hydrogens is 190 g/mol. The predicted octanol–water partition coefficient (Wildman–Crippen LogP) is 0.170. The molecule has 0 unspecified atom stereocenters. The number of thioether (sulfide) groups is 1. The van der Waals surface area contributed by atoms with Crippen molar-refractivity contribution in [2.24, 2.45) is 0 Å². The maximum atomic E-state index is 10.8. The van der Waals surface area contributed by atoms with Gasteiger partial charge in [0.15, 0.2) is 0 Å². The minimum atomic E-state index is -0.289. The van der Waals surface area contributed by atoms with E-state index in [0.29, 0.717) is 0 Å². The van der Waals surface area contributed by atoms with Crippen LogP contribution in [0, 0.1) is 0 Å². The van der Waals surface area contributed by atoms with Crippen LogP contribution < -0.4 is 5.32 Å². The Morgan fingerprint density at radius 2 is 2.08 bits per heavy atom. The molecule has 1 N–H and O–H groups in total. The summed E-state index contributed by atoms with van der Waals surface area (Å²) >= 11 is 1.68. The molecule has 0 spiro atoms. The number of carbonyl (C=O) groups is 2. The second kappa shape index (κ2) is 4.50. The number of ether oxygens (including phenoxy) is 1. The van der Waals surface area contributed by atoms with E-state index in [2.05, 4.69) is 5.32 Å². The van der Waals surface area contributed by atoms with Gasteiger partial charge >= 0.3 is 5.97 Å². The Bertz CT molecular complexity index is 197. The van der Waals surface area contributed by atoms with E-state index in [9.17, 15) is 9.59 Å². The Morgan fingerprint density at radius 1 is 1.38 bits per heavy atom. The first-order valence-electron chi connectivity index (χ1n) is 4.11. The van der Waals surface area contributed by atoms with Crippen LogP contribution in [-0.4, -0.2) is 35.5 Å². The first-order valence-corrected chi connectivity index (χ1v) is 5.27. The highest BCUT2D eigenvalue weighted by molar-refractivity contribution is 7.99. The van der Waals surface area contributed by atoms with Crippen molar-refractivity contribution in [2.45, 2.75) is 26.0 Å². The van der Waals surface area contributed by atoms with Gasteiger partial charge in [0, 0.05) is 25.4 Å². The third-order valence-electron chi connectivity index (χ3n) is 1.73. The molecule has 2 atom stereocenters. The highest BCUT2D eigenvalue weighted by atomic mass is 32.2. The molecule has 4 nitrogen and oxygen atoms in total. The zero-order chi connectivity index (χ0) is 9.84. The molecule has 1 saturated heterocycles. The van der Waals surface area contributed by atoms with Gasteiger partial charge in [-0.1, -0.05) is 0 Å². The maximum Gasteiger partial charge on any atom is 0.303 e. The molecule has 0 radical (unpaired) electrons. The molecule has 0 saturated carbocycles. The second-order valence-electron chi connectivity index (χ2n) is 2.99. The number of amides is 1. The third-order valence-corrected chi connectivity index (χ3v) is 2.89. The van der Waals surface area contributed by atoms with Crippen molar-refractivity contribution in [3.63, 3.8) is 0 Å². The SMILES string of the molecule is CC(=O)N[C@@H]1CSC[C@H]1OC(C)=O. The first kappa shape index (κ1) is 10.4. The lowest BCUT2D eigenvalue weighted by molar-refractivity contribution is -0.146. The second-order valence-corrected chi connectivity index (χ2v) is 4.07. The summed E-state index contributed by atoms with van der Waals surface area (Å²) in [4.78, 5) is 21.5. The topological polar surface area (TPSA) is 55.4 Å². The lowest BCUT2D eigenvalue weighted by Gasteiger charge is -2.18. The van der Waals surface area contributed by atoms with Gasteiger partial charge in [-0.15, -0.1) is 0 Å². The van der Waals surface area contributed by atoms with Crippen LogP contribution in [0.25, 0.3) is 0 Å². The smallest absolute Gasteiger partial charge is 0.303 e. The summed E-state index contributed by atoms with van der Waals surface area (Å²) in [5.41, 5.74) is 0. The summed E-state index contributed by atoms with van der Waals surface area (Å²) < 4.78 is 5.05. The van der Waals surface area contributed by atoms with E-state index in [4.69, 9.17) is 4.74 Å². The molecule has 1 heterocycles. The lowest BCUT2D eigenvalue weighted by Crippen LogP contribution is -2.43. The van der Waals surface area contributed by atoms with Crippen molar-refractivity contribution in [1.82, 2.24) is 5.32 Å². The van der Waals surface area contributed by atoms with Crippen molar-refractivity contribution >= 4 is 23.6 Å². The van der Waals surface area contributed by atoms with Gasteiger partial charge < -0.3 is 10.1 Å². The van der Waals surface area contributed by atoms with Crippen molar-refractivity contribution in [3.8, 4) is 0 Å². The average molecular weight is 203 g/mol. The molecule has 13 heavy (non-hydrogen) atoms. The Labute approximate surface area is 81.4 Å². The molecule has 0 aromatic carbocycles. The minimum absolute atomic E-state index is 0.0219. The molecule has 74 valence electrons. The van der Waals surface area contributed by atoms with Gasteiger partial charge in [0.1, 0.15) is 6.10 Å². The summed E-state index contributed by atoms with van der Waals surface area (Å²) in [5.74, 6) is 1.22. The van der Waals surface area contributed by atoms with Gasteiger partial charge in [-0.2, -0.15) is 11.8 Å². The summed E-state index contributed by atoms with van der Waals surface area (Å²) in [6.07, 6.45) is -0.161. The number of esters is 1. The van der Waals surface area contributed by atoms with E-state index in [1.54, 1.807) is 11.8 Å². The first-order chi connectivity index (χ1) is 6.09. The van der Waals surface area contributed by atoms with E-state index >= 15 is 0 Å². The highest BCUT2D eigenvalue weighted by Crippen LogP contribution is 2.21. The molecule has 0 bridgehead atoms. The number of carbonyl (C=O) groups excluding carboxylic acids is 2. The number of rotatable bonds is 2. The lowest BCUT2D eigenvalue weighted by atomic mass is 10.2. The van der Waals surface area contributed by atoms with E-state index in [1.165, 1.54) is 13.8 Å². The standard InChI is InChI=1S/C8H13NO3S/c1-5(10)9-7-3-13-4-8(7)12-6(2)11/h7-8H,3-4H2,1-2H3,(H,9,10)/t7-,8-/m1/s1. The van der Waals surface area contributed by atoms with Crippen LogP contribution in [0.15, 0.2) is 0 Å². The quantitative estimate of drug-likeness (QED) is 0.650. The third kappa shape index (κ3) is 3.26. The fraction of sp³-hybridized carbons (Fsp3) is 0.750. The molecule has 1 aliphatic rings. The van der Waals surface area contributed by atoms with Gasteiger partial charge in [-0.3, -0.25) is 9.59 Å². The van der Waals surface area contributed by atoms with Gasteiger partial charge in [-0.25, -0.2) is 0 Å². The molecule has 1 amide bonds. The van der Waals surface area contributed by atoms with Crippen LogP contribution >= 0.6 is 11.8 Å². The molecule has 0 aromatic heterocycles. The van der Waals surface area contributed by atoms with Crippen molar-refractivity contribution in [3.05, 3.63) is 0 Å². The molecule has 0 aromatic rings. The van der Waals surface area contributed by atoms with Gasteiger partial charge in [0.2, 0.25) is 5.91 Å². The van der Waals surface area contributed by atoms with E-state index in [1.807, 2.05) is 0 Å². The normalized spacial score (nSPS) is 26.9. The number of nitrogens with one attached hydrogen (secondary N) is 1. The summed E-state index contributed by atoms with van der Waals surface area (Å²) in [5, 5.41) is 2.76. The zero-order valence-electron chi connectivity index (χ0n) is 7.70. The fourth-order valence-electron chi connectivity index (χ4n) is 1.26. The van der Waals surface area contributed by atoms with Crippen LogP contribution in [0.3, 0.4) is 0 Å². The molecule has 1 aliphatic heterocycles. The van der Waals surface area contributed by atoms with Crippen LogP contribution in [0.1, 0.15) is 13.8 Å². The van der Waals surface area contributed by atoms with Crippen LogP contribution in [0.5, 0.6) is 0 Å². The van der Waals surface area contributed by atoms with Gasteiger partial charge in [-0.05, 0) is 0 Å². The van der Waals surface area contributed by atoms with E-state index in [0.717, 1.165) is 11.5 Å². The van der Waals surface area contributed by atoms with E-state index in [-0.39, 0.29) is 24.0 Å². The summed E-state index contributed by atoms with van der Waals surface area (Å²) in [7, 11) is 0. The maximum absolute atomic E-state index is 10.8. The monoisotopic (exact) mass is 203 g/mol. The van der Waals surface area contributed by atoms with E-state index < -0.39 is 0 Å². The largest absolute Gasteiger partial charge is 0.459 e. The molecular formula is C8H13NO3S. The number of hydrogen-bond donors (Lipinski definition) is 1. The van der Waals surface area contributed by atoms with Gasteiger partial charge in [0.25, 0.3) is 0 Å². The molecule has 1 rings (SSSR count). The summed E-state index contributed by atoms with van der Waals surface area (Å²) in [6.45, 7) is 2.85. The fourth-order valence-corrected chi connectivity index (χ4v) is 2.48. The van der Waals surface area contributed by atoms with Crippen LogP contribution in [0.4, 0.5) is 0 Å². The van der Waals surface area contributed by atoms with Crippen LogP contribution in [-0.2, 0) is 14.3 Å². The Kier molecular flexibility index (Phi) is 3.59. The molecule has 0 aliphatic carbocycles. The number of hydrogen-bond acceptors (Lipinski definition) is 4. The Morgan fingerprint density at radius 3 is 2.62 bits per heavy atom. The molecule has 5 heteroatoms. The van der Waals surface area contributed by atoms with Crippen molar-refractivity contribution in [2.75, 3.05) is 11.5 Å². The zero-order valence-corrected chi connectivity index (χ0v) is 8.52.